The molecular weight excluding hydrogens is 403 g/mol. The number of fused-ring (bicyclic) bond motifs is 1. The standard InChI is InChI=1S/C18H20ClFN6OS/c1-3-28-5-4-21-18(27)10(2)25-17-14(20)9-24-16(26-17)13-8-23-15-12(13)6-11(19)7-22-15/h6-10H,3-5H2,1-2H3,(H,21,27)(H,22,23)(H,24,25,26)/t10-/m0/s1. The largest absolute Gasteiger partial charge is 0.356 e. The molecule has 7 nitrogen and oxygen atoms in total. The number of amides is 1. The fraction of sp³-hybridized carbons (Fsp3) is 0.333. The van der Waals surface area contributed by atoms with Crippen LogP contribution in [-0.4, -0.2) is 49.9 Å². The molecule has 0 unspecified atom stereocenters. The number of nitrogens with one attached hydrogen (secondary N) is 3. The molecule has 1 atom stereocenters. The molecule has 0 aliphatic rings. The molecule has 0 aromatic carbocycles. The SMILES string of the molecule is CCSCCNC(=O)[C@H](C)Nc1nc(-c2c[nH]c3ncc(Cl)cc23)ncc1F. The molecule has 0 fully saturated rings. The molecule has 10 heteroatoms. The summed E-state index contributed by atoms with van der Waals surface area (Å²) in [5.74, 6) is 1.22. The van der Waals surface area contributed by atoms with Gasteiger partial charge in [-0.2, -0.15) is 11.8 Å². The first-order valence-electron chi connectivity index (χ1n) is 8.77. The highest BCUT2D eigenvalue weighted by Gasteiger charge is 2.18. The lowest BCUT2D eigenvalue weighted by atomic mass is 10.2. The molecule has 3 rings (SSSR count). The van der Waals surface area contributed by atoms with Crippen molar-refractivity contribution in [1.82, 2.24) is 25.3 Å². The van der Waals surface area contributed by atoms with E-state index in [1.54, 1.807) is 30.9 Å². The molecule has 148 valence electrons. The van der Waals surface area contributed by atoms with Gasteiger partial charge in [-0.25, -0.2) is 19.3 Å². The number of H-pyrrole nitrogens is 1. The monoisotopic (exact) mass is 422 g/mol. The van der Waals surface area contributed by atoms with Gasteiger partial charge in [0.05, 0.1) is 11.2 Å². The number of aromatic amines is 1. The maximum absolute atomic E-state index is 14.2. The van der Waals surface area contributed by atoms with Crippen molar-refractivity contribution in [2.75, 3.05) is 23.4 Å². The lowest BCUT2D eigenvalue weighted by Crippen LogP contribution is -2.39. The third-order valence-electron chi connectivity index (χ3n) is 3.98. The first-order valence-corrected chi connectivity index (χ1v) is 10.3. The fourth-order valence-electron chi connectivity index (χ4n) is 2.58. The summed E-state index contributed by atoms with van der Waals surface area (Å²) in [6, 6.07) is 1.09. The zero-order valence-electron chi connectivity index (χ0n) is 15.4. The first kappa shape index (κ1) is 20.3. The van der Waals surface area contributed by atoms with E-state index in [1.807, 2.05) is 0 Å². The van der Waals surface area contributed by atoms with Crippen LogP contribution in [0, 0.1) is 5.82 Å². The van der Waals surface area contributed by atoms with E-state index in [4.69, 9.17) is 11.6 Å². The van der Waals surface area contributed by atoms with Crippen molar-refractivity contribution in [1.29, 1.82) is 0 Å². The molecule has 28 heavy (non-hydrogen) atoms. The summed E-state index contributed by atoms with van der Waals surface area (Å²) >= 11 is 7.76. The summed E-state index contributed by atoms with van der Waals surface area (Å²) in [4.78, 5) is 27.7. The predicted octanol–water partition coefficient (Wildman–Crippen LogP) is 3.48. The van der Waals surface area contributed by atoms with Crippen LogP contribution in [0.1, 0.15) is 13.8 Å². The lowest BCUT2D eigenvalue weighted by Gasteiger charge is -2.15. The number of halogens is 2. The van der Waals surface area contributed by atoms with Gasteiger partial charge in [-0.1, -0.05) is 18.5 Å². The average molecular weight is 423 g/mol. The van der Waals surface area contributed by atoms with Gasteiger partial charge in [-0.15, -0.1) is 0 Å². The second kappa shape index (κ2) is 9.20. The van der Waals surface area contributed by atoms with E-state index in [1.165, 1.54) is 6.20 Å². The lowest BCUT2D eigenvalue weighted by molar-refractivity contribution is -0.121. The highest BCUT2D eigenvalue weighted by atomic mass is 35.5. The smallest absolute Gasteiger partial charge is 0.242 e. The molecule has 0 aliphatic carbocycles. The van der Waals surface area contributed by atoms with Gasteiger partial charge in [0, 0.05) is 35.6 Å². The van der Waals surface area contributed by atoms with E-state index < -0.39 is 11.9 Å². The van der Waals surface area contributed by atoms with E-state index in [0.29, 0.717) is 28.6 Å². The van der Waals surface area contributed by atoms with Crippen LogP contribution >= 0.6 is 23.4 Å². The van der Waals surface area contributed by atoms with Crippen LogP contribution in [0.3, 0.4) is 0 Å². The first-order chi connectivity index (χ1) is 13.5. The topological polar surface area (TPSA) is 95.6 Å². The number of anilines is 1. The van der Waals surface area contributed by atoms with E-state index in [0.717, 1.165) is 23.1 Å². The van der Waals surface area contributed by atoms with Gasteiger partial charge in [-0.05, 0) is 18.7 Å². The summed E-state index contributed by atoms with van der Waals surface area (Å²) in [6.45, 7) is 4.27. The zero-order valence-corrected chi connectivity index (χ0v) is 17.0. The molecule has 3 N–H and O–H groups in total. The Kier molecular flexibility index (Phi) is 6.69. The van der Waals surface area contributed by atoms with Crippen LogP contribution < -0.4 is 10.6 Å². The number of aromatic nitrogens is 4. The summed E-state index contributed by atoms with van der Waals surface area (Å²) in [5.41, 5.74) is 1.27. The molecular formula is C18H20ClFN6OS. The summed E-state index contributed by atoms with van der Waals surface area (Å²) in [5, 5.41) is 6.83. The second-order valence-electron chi connectivity index (χ2n) is 6.00. The number of hydrogen-bond acceptors (Lipinski definition) is 6. The van der Waals surface area contributed by atoms with Crippen LogP contribution in [0.4, 0.5) is 10.2 Å². The molecule has 0 saturated carbocycles. The number of nitrogens with zero attached hydrogens (tertiary/aromatic N) is 3. The summed E-state index contributed by atoms with van der Waals surface area (Å²) in [6.07, 6.45) is 4.29. The minimum absolute atomic E-state index is 0.0417. The van der Waals surface area contributed by atoms with Crippen molar-refractivity contribution >= 4 is 46.1 Å². The van der Waals surface area contributed by atoms with E-state index in [-0.39, 0.29) is 11.7 Å². The van der Waals surface area contributed by atoms with E-state index in [2.05, 4.69) is 37.5 Å². The number of hydrogen-bond donors (Lipinski definition) is 3. The summed E-state index contributed by atoms with van der Waals surface area (Å²) < 4.78 is 14.2. The molecule has 3 aromatic rings. The zero-order chi connectivity index (χ0) is 20.1. The molecule has 0 saturated heterocycles. The minimum Gasteiger partial charge on any atom is -0.356 e. The van der Waals surface area contributed by atoms with Crippen molar-refractivity contribution < 1.29 is 9.18 Å². The maximum Gasteiger partial charge on any atom is 0.242 e. The molecule has 0 bridgehead atoms. The van der Waals surface area contributed by atoms with Gasteiger partial charge in [0.1, 0.15) is 11.7 Å². The fourth-order valence-corrected chi connectivity index (χ4v) is 3.27. The van der Waals surface area contributed by atoms with Crippen molar-refractivity contribution in [2.24, 2.45) is 0 Å². The highest BCUT2D eigenvalue weighted by molar-refractivity contribution is 7.99. The average Bonchev–Trinajstić information content (AvgIpc) is 3.09. The van der Waals surface area contributed by atoms with Crippen molar-refractivity contribution in [3.8, 4) is 11.4 Å². The summed E-state index contributed by atoms with van der Waals surface area (Å²) in [7, 11) is 0. The third kappa shape index (κ3) is 4.71. The van der Waals surface area contributed by atoms with Crippen molar-refractivity contribution in [3.63, 3.8) is 0 Å². The van der Waals surface area contributed by atoms with Gasteiger partial charge in [-0.3, -0.25) is 4.79 Å². The van der Waals surface area contributed by atoms with Gasteiger partial charge < -0.3 is 15.6 Å². The Labute approximate surface area is 170 Å². The molecule has 0 aliphatic heterocycles. The van der Waals surface area contributed by atoms with Crippen LogP contribution in [0.5, 0.6) is 0 Å². The molecule has 3 heterocycles. The molecule has 1 amide bonds. The Morgan fingerprint density at radius 1 is 1.39 bits per heavy atom. The number of carbonyl (C=O) groups is 1. The number of thioether (sulfide) groups is 1. The van der Waals surface area contributed by atoms with Gasteiger partial charge in [0.25, 0.3) is 0 Å². The van der Waals surface area contributed by atoms with Crippen LogP contribution in [-0.2, 0) is 4.79 Å². The normalized spacial score (nSPS) is 12.1. The van der Waals surface area contributed by atoms with Crippen LogP contribution in [0.25, 0.3) is 22.4 Å². The van der Waals surface area contributed by atoms with E-state index >= 15 is 0 Å². The Balaban J connectivity index is 1.78. The number of rotatable bonds is 8. The van der Waals surface area contributed by atoms with Gasteiger partial charge in [0.2, 0.25) is 5.91 Å². The highest BCUT2D eigenvalue weighted by Crippen LogP contribution is 2.28. The Bertz CT molecular complexity index is 982. The number of carbonyl (C=O) groups excluding carboxylic acids is 1. The Morgan fingerprint density at radius 3 is 3.00 bits per heavy atom. The minimum atomic E-state index is -0.650. The van der Waals surface area contributed by atoms with Crippen molar-refractivity contribution in [2.45, 2.75) is 19.9 Å². The second-order valence-corrected chi connectivity index (χ2v) is 7.83. The number of pyridine rings is 1. The van der Waals surface area contributed by atoms with Crippen molar-refractivity contribution in [3.05, 3.63) is 35.5 Å². The molecule has 0 radical (unpaired) electrons. The Morgan fingerprint density at radius 2 is 2.21 bits per heavy atom. The van der Waals surface area contributed by atoms with E-state index in [9.17, 15) is 9.18 Å². The van der Waals surface area contributed by atoms with Gasteiger partial charge in [0.15, 0.2) is 17.5 Å². The molecule has 3 aromatic heterocycles. The quantitative estimate of drug-likeness (QED) is 0.481. The third-order valence-corrected chi connectivity index (χ3v) is 5.09. The van der Waals surface area contributed by atoms with Gasteiger partial charge >= 0.3 is 0 Å². The Hall–Kier alpha value is -2.39. The van der Waals surface area contributed by atoms with Crippen LogP contribution in [0.15, 0.2) is 24.7 Å². The predicted molar refractivity (Wildman–Crippen MR) is 111 cm³/mol. The van der Waals surface area contributed by atoms with Crippen LogP contribution in [0.2, 0.25) is 5.02 Å². The molecule has 0 spiro atoms. The maximum atomic E-state index is 14.2.